The molecule has 8 heteroatoms. The molecule has 3 N–H and O–H groups in total. The van der Waals surface area contributed by atoms with Crippen molar-refractivity contribution < 1.29 is 18.7 Å². The minimum Gasteiger partial charge on any atom is -0.497 e. The summed E-state index contributed by atoms with van der Waals surface area (Å²) in [6.45, 7) is 0.461. The smallest absolute Gasteiger partial charge is 0.220 e. The number of aromatic nitrogens is 2. The molecule has 168 valence electrons. The third kappa shape index (κ3) is 5.07. The first-order valence-corrected chi connectivity index (χ1v) is 10.8. The summed E-state index contributed by atoms with van der Waals surface area (Å²) in [6.07, 6.45) is 2.53. The molecule has 2 amide bonds. The van der Waals surface area contributed by atoms with Gasteiger partial charge in [-0.25, -0.2) is 9.37 Å². The predicted molar refractivity (Wildman–Crippen MR) is 119 cm³/mol. The summed E-state index contributed by atoms with van der Waals surface area (Å²) in [7, 11) is 1.53. The lowest BCUT2D eigenvalue weighted by Crippen LogP contribution is -2.44. The molecule has 0 saturated carbocycles. The number of imidazole rings is 1. The lowest BCUT2D eigenvalue weighted by atomic mass is 9.84. The predicted octanol–water partition coefficient (Wildman–Crippen LogP) is 3.04. The second-order valence-corrected chi connectivity index (χ2v) is 8.26. The summed E-state index contributed by atoms with van der Waals surface area (Å²) in [4.78, 5) is 32.2. The molecule has 4 rings (SSSR count). The summed E-state index contributed by atoms with van der Waals surface area (Å²) in [5, 5.41) is 5.91. The molecule has 0 aliphatic carbocycles. The van der Waals surface area contributed by atoms with Gasteiger partial charge in [-0.15, -0.1) is 0 Å². The van der Waals surface area contributed by atoms with Gasteiger partial charge in [-0.05, 0) is 55.2 Å². The number of hydrogen-bond donors (Lipinski definition) is 3. The van der Waals surface area contributed by atoms with E-state index in [9.17, 15) is 14.0 Å². The molecule has 1 saturated heterocycles. The second kappa shape index (κ2) is 9.38. The SMILES string of the molecule is COc1ccc(F)c(C[C@]2(CCC(=O)NCCc3nc4ccccc4[nH]3)CCC(=O)N2)c1. The second-order valence-electron chi connectivity index (χ2n) is 8.26. The molecular weight excluding hydrogens is 411 g/mol. The minimum atomic E-state index is -0.639. The van der Waals surface area contributed by atoms with Crippen LogP contribution in [0.25, 0.3) is 11.0 Å². The molecule has 1 aliphatic heterocycles. The van der Waals surface area contributed by atoms with Crippen molar-refractivity contribution in [3.8, 4) is 5.75 Å². The number of aromatic amines is 1. The monoisotopic (exact) mass is 438 g/mol. The topological polar surface area (TPSA) is 96.1 Å². The van der Waals surface area contributed by atoms with Crippen molar-refractivity contribution in [3.05, 3.63) is 59.7 Å². The van der Waals surface area contributed by atoms with Crippen LogP contribution in [0.4, 0.5) is 4.39 Å². The summed E-state index contributed by atoms with van der Waals surface area (Å²) >= 11 is 0. The van der Waals surface area contributed by atoms with Crippen molar-refractivity contribution in [3.63, 3.8) is 0 Å². The summed E-state index contributed by atoms with van der Waals surface area (Å²) in [6, 6.07) is 12.4. The number of carbonyl (C=O) groups excluding carboxylic acids is 2. The highest BCUT2D eigenvalue weighted by atomic mass is 19.1. The molecule has 1 aliphatic rings. The molecule has 32 heavy (non-hydrogen) atoms. The Morgan fingerprint density at radius 1 is 1.28 bits per heavy atom. The maximum absolute atomic E-state index is 14.4. The van der Waals surface area contributed by atoms with E-state index in [0.29, 0.717) is 50.0 Å². The molecule has 7 nitrogen and oxygen atoms in total. The lowest BCUT2D eigenvalue weighted by Gasteiger charge is -2.29. The zero-order valence-corrected chi connectivity index (χ0v) is 18.0. The number of methoxy groups -OCH3 is 1. The van der Waals surface area contributed by atoms with Crippen LogP contribution in [0.1, 0.15) is 37.1 Å². The van der Waals surface area contributed by atoms with E-state index >= 15 is 0 Å². The number of rotatable bonds is 9. The zero-order valence-electron chi connectivity index (χ0n) is 18.0. The summed E-state index contributed by atoms with van der Waals surface area (Å²) in [5.41, 5.74) is 1.70. The first-order chi connectivity index (χ1) is 15.5. The first-order valence-electron chi connectivity index (χ1n) is 10.8. The number of ether oxygens (including phenoxy) is 1. The Hall–Kier alpha value is -3.42. The average molecular weight is 439 g/mol. The van der Waals surface area contributed by atoms with Crippen molar-refractivity contribution in [1.29, 1.82) is 0 Å². The molecule has 1 fully saturated rings. The number of fused-ring (bicyclic) bond motifs is 1. The average Bonchev–Trinajstić information content (AvgIpc) is 3.37. The van der Waals surface area contributed by atoms with Crippen molar-refractivity contribution in [2.24, 2.45) is 0 Å². The van der Waals surface area contributed by atoms with E-state index in [4.69, 9.17) is 4.74 Å². The Bertz CT molecular complexity index is 1100. The Morgan fingerprint density at radius 2 is 2.12 bits per heavy atom. The first kappa shape index (κ1) is 21.8. The number of amides is 2. The van der Waals surface area contributed by atoms with Crippen LogP contribution in [0.15, 0.2) is 42.5 Å². The van der Waals surface area contributed by atoms with Crippen LogP contribution in [-0.4, -0.2) is 41.0 Å². The van der Waals surface area contributed by atoms with E-state index in [-0.39, 0.29) is 24.1 Å². The van der Waals surface area contributed by atoms with E-state index in [1.807, 2.05) is 24.3 Å². The van der Waals surface area contributed by atoms with Crippen molar-refractivity contribution in [2.45, 2.75) is 44.1 Å². The van der Waals surface area contributed by atoms with Gasteiger partial charge in [-0.3, -0.25) is 9.59 Å². The van der Waals surface area contributed by atoms with E-state index in [0.717, 1.165) is 16.9 Å². The number of halogens is 1. The van der Waals surface area contributed by atoms with Crippen LogP contribution in [0.5, 0.6) is 5.75 Å². The van der Waals surface area contributed by atoms with Crippen LogP contribution in [0, 0.1) is 5.82 Å². The minimum absolute atomic E-state index is 0.0707. The van der Waals surface area contributed by atoms with Crippen molar-refractivity contribution >= 4 is 22.8 Å². The summed E-state index contributed by atoms with van der Waals surface area (Å²) < 4.78 is 19.6. The molecule has 1 aromatic heterocycles. The quantitative estimate of drug-likeness (QED) is 0.479. The highest BCUT2D eigenvalue weighted by Crippen LogP contribution is 2.31. The summed E-state index contributed by atoms with van der Waals surface area (Å²) in [5.74, 6) is 0.858. The lowest BCUT2D eigenvalue weighted by molar-refractivity contribution is -0.122. The van der Waals surface area contributed by atoms with Gasteiger partial charge in [0.05, 0.1) is 18.1 Å². The fourth-order valence-corrected chi connectivity index (χ4v) is 4.25. The van der Waals surface area contributed by atoms with Crippen molar-refractivity contribution in [2.75, 3.05) is 13.7 Å². The van der Waals surface area contributed by atoms with E-state index < -0.39 is 5.54 Å². The molecule has 2 aromatic carbocycles. The van der Waals surface area contributed by atoms with Gasteiger partial charge in [-0.1, -0.05) is 12.1 Å². The number of H-pyrrole nitrogens is 1. The fourth-order valence-electron chi connectivity index (χ4n) is 4.25. The number of nitrogens with zero attached hydrogens (tertiary/aromatic N) is 1. The van der Waals surface area contributed by atoms with Crippen LogP contribution in [0.3, 0.4) is 0 Å². The molecule has 2 heterocycles. The Balaban J connectivity index is 1.33. The zero-order chi connectivity index (χ0) is 22.6. The number of carbonyl (C=O) groups is 2. The molecule has 0 spiro atoms. The van der Waals surface area contributed by atoms with Gasteiger partial charge in [0.15, 0.2) is 0 Å². The van der Waals surface area contributed by atoms with Gasteiger partial charge in [0.25, 0.3) is 0 Å². The van der Waals surface area contributed by atoms with Gasteiger partial charge in [0, 0.05) is 31.3 Å². The van der Waals surface area contributed by atoms with Gasteiger partial charge in [0.1, 0.15) is 17.4 Å². The molecular formula is C24H27FN4O3. The van der Waals surface area contributed by atoms with Gasteiger partial charge in [-0.2, -0.15) is 0 Å². The standard InChI is InChI=1S/C24H27FN4O3/c1-32-17-6-7-18(25)16(14-17)15-24(12-9-23(31)29-24)11-8-22(30)26-13-10-21-27-19-4-2-3-5-20(19)28-21/h2-7,14H,8-13,15H2,1H3,(H,26,30)(H,27,28)(H,29,31)/t24-/m0/s1. The third-order valence-corrected chi connectivity index (χ3v) is 5.97. The van der Waals surface area contributed by atoms with Crippen LogP contribution in [0.2, 0.25) is 0 Å². The molecule has 0 radical (unpaired) electrons. The largest absolute Gasteiger partial charge is 0.497 e. The van der Waals surface area contributed by atoms with Gasteiger partial charge in [0.2, 0.25) is 11.8 Å². The highest BCUT2D eigenvalue weighted by Gasteiger charge is 2.38. The molecule has 1 atom stereocenters. The number of para-hydroxylation sites is 2. The third-order valence-electron chi connectivity index (χ3n) is 5.97. The van der Waals surface area contributed by atoms with E-state index in [2.05, 4.69) is 20.6 Å². The van der Waals surface area contributed by atoms with E-state index in [1.54, 1.807) is 12.1 Å². The Kier molecular flexibility index (Phi) is 6.39. The van der Waals surface area contributed by atoms with Gasteiger partial charge < -0.3 is 20.4 Å². The maximum atomic E-state index is 14.4. The number of benzene rings is 2. The van der Waals surface area contributed by atoms with Crippen molar-refractivity contribution in [1.82, 2.24) is 20.6 Å². The molecule has 0 unspecified atom stereocenters. The Labute approximate surface area is 185 Å². The fraction of sp³-hybridized carbons (Fsp3) is 0.375. The molecule has 3 aromatic rings. The normalized spacial score (nSPS) is 18.0. The number of nitrogens with one attached hydrogen (secondary N) is 3. The maximum Gasteiger partial charge on any atom is 0.220 e. The highest BCUT2D eigenvalue weighted by molar-refractivity contribution is 5.80. The van der Waals surface area contributed by atoms with Crippen LogP contribution < -0.4 is 15.4 Å². The Morgan fingerprint density at radius 3 is 2.88 bits per heavy atom. The molecule has 0 bridgehead atoms. The number of hydrogen-bond acceptors (Lipinski definition) is 4. The van der Waals surface area contributed by atoms with E-state index in [1.165, 1.54) is 13.2 Å². The van der Waals surface area contributed by atoms with Gasteiger partial charge >= 0.3 is 0 Å². The van der Waals surface area contributed by atoms with Crippen LogP contribution >= 0.6 is 0 Å². The van der Waals surface area contributed by atoms with Crippen LogP contribution in [-0.2, 0) is 22.4 Å².